The number of fused-ring (bicyclic) bond motifs is 3. The van der Waals surface area contributed by atoms with Crippen LogP contribution in [0.2, 0.25) is 10.0 Å². The van der Waals surface area contributed by atoms with Crippen LogP contribution in [0.5, 0.6) is 5.75 Å². The number of allylic oxidation sites excluding steroid dienone is 2. The Labute approximate surface area is 197 Å². The van der Waals surface area contributed by atoms with Crippen molar-refractivity contribution in [3.63, 3.8) is 0 Å². The lowest BCUT2D eigenvalue weighted by atomic mass is 9.95. The van der Waals surface area contributed by atoms with Crippen molar-refractivity contribution in [3.05, 3.63) is 87.8 Å². The third-order valence-electron chi connectivity index (χ3n) is 5.64. The Morgan fingerprint density at radius 3 is 2.81 bits per heavy atom. The molecule has 2 aromatic carbocycles. The molecule has 0 spiro atoms. The molecule has 0 saturated carbocycles. The molecule has 7 heteroatoms. The molecule has 2 heterocycles. The lowest BCUT2D eigenvalue weighted by molar-refractivity contribution is 0.126. The minimum atomic E-state index is -0.433. The zero-order valence-corrected chi connectivity index (χ0v) is 19.4. The van der Waals surface area contributed by atoms with E-state index in [-0.39, 0.29) is 6.04 Å². The lowest BCUT2D eigenvalue weighted by Crippen LogP contribution is -2.41. The number of aromatic nitrogens is 1. The summed E-state index contributed by atoms with van der Waals surface area (Å²) in [6.07, 6.45) is 6.66. The minimum absolute atomic E-state index is 0.230. The molecule has 166 valence electrons. The van der Waals surface area contributed by atoms with Gasteiger partial charge in [0.2, 0.25) is 0 Å². The van der Waals surface area contributed by atoms with E-state index < -0.39 is 6.09 Å². The highest BCUT2D eigenvalue weighted by Gasteiger charge is 2.34. The highest BCUT2D eigenvalue weighted by Crippen LogP contribution is 2.38. The van der Waals surface area contributed by atoms with Gasteiger partial charge in [-0.3, -0.25) is 4.90 Å². The van der Waals surface area contributed by atoms with Crippen LogP contribution < -0.4 is 4.74 Å². The zero-order valence-electron chi connectivity index (χ0n) is 17.9. The molecule has 0 bridgehead atoms. The van der Waals surface area contributed by atoms with Crippen LogP contribution in [-0.4, -0.2) is 29.6 Å². The molecular weight excluding hydrogens is 447 g/mol. The van der Waals surface area contributed by atoms with Crippen molar-refractivity contribution in [2.45, 2.75) is 25.8 Å². The molecular formula is C25H24Cl2N2O3. The first-order valence-electron chi connectivity index (χ1n) is 10.4. The fourth-order valence-corrected chi connectivity index (χ4v) is 4.42. The van der Waals surface area contributed by atoms with Crippen molar-refractivity contribution in [2.75, 3.05) is 13.7 Å². The second-order valence-electron chi connectivity index (χ2n) is 7.50. The Morgan fingerprint density at radius 2 is 2.06 bits per heavy atom. The van der Waals surface area contributed by atoms with Gasteiger partial charge in [0.15, 0.2) is 5.75 Å². The molecule has 0 aliphatic carbocycles. The highest BCUT2D eigenvalue weighted by molar-refractivity contribution is 6.32. The number of hydrogen-bond donors (Lipinski definition) is 1. The van der Waals surface area contributed by atoms with Crippen molar-refractivity contribution in [1.82, 2.24) is 9.88 Å². The third kappa shape index (κ3) is 4.50. The third-order valence-corrected chi connectivity index (χ3v) is 6.19. The van der Waals surface area contributed by atoms with Crippen molar-refractivity contribution < 1.29 is 14.3 Å². The molecule has 1 aliphatic rings. The molecule has 1 unspecified atom stereocenters. The molecule has 1 N–H and O–H groups in total. The monoisotopic (exact) mass is 470 g/mol. The lowest BCUT2D eigenvalue weighted by Gasteiger charge is -2.34. The molecule has 3 aromatic rings. The minimum Gasteiger partial charge on any atom is -0.497 e. The van der Waals surface area contributed by atoms with Gasteiger partial charge in [0.25, 0.3) is 0 Å². The predicted molar refractivity (Wildman–Crippen MR) is 128 cm³/mol. The van der Waals surface area contributed by atoms with Gasteiger partial charge in [0, 0.05) is 28.2 Å². The number of hydrogen-bond acceptors (Lipinski definition) is 3. The van der Waals surface area contributed by atoms with Gasteiger partial charge >= 0.3 is 6.09 Å². The number of halogens is 2. The number of H-pyrrole nitrogens is 1. The summed E-state index contributed by atoms with van der Waals surface area (Å²) in [4.78, 5) is 18.4. The van der Waals surface area contributed by atoms with Crippen molar-refractivity contribution >= 4 is 40.2 Å². The Bertz CT molecular complexity index is 1200. The number of ether oxygens (including phenoxy) is 2. The van der Waals surface area contributed by atoms with Crippen LogP contribution in [0.25, 0.3) is 10.9 Å². The molecule has 1 aliphatic heterocycles. The topological polar surface area (TPSA) is 54.6 Å². The predicted octanol–water partition coefficient (Wildman–Crippen LogP) is 7.07. The number of nitrogens with one attached hydrogen (secondary N) is 1. The van der Waals surface area contributed by atoms with E-state index in [0.29, 0.717) is 35.2 Å². The first-order chi connectivity index (χ1) is 15.5. The van der Waals surface area contributed by atoms with E-state index in [4.69, 9.17) is 32.7 Å². The van der Waals surface area contributed by atoms with E-state index in [1.165, 1.54) is 5.56 Å². The SMILES string of the molecule is C/C=C(\C=C/CC1c2[nH]c3ccc(Cl)cc3c2CCN1C(=O)Oc1ccccc1Cl)OC. The van der Waals surface area contributed by atoms with E-state index in [0.717, 1.165) is 22.4 Å². The maximum Gasteiger partial charge on any atom is 0.415 e. The standard InChI is InChI=1S/C25H24Cl2N2O3/c1-3-17(31-2)7-6-9-22-24-18(19-15-16(26)11-12-21(19)28-24)13-14-29(22)25(30)32-23-10-5-4-8-20(23)27/h3-8,10-12,15,22,28H,9,13-14H2,1-2H3/b7-6-,17-3+. The molecule has 1 aromatic heterocycles. The van der Waals surface area contributed by atoms with Crippen LogP contribution in [-0.2, 0) is 11.2 Å². The molecule has 4 rings (SSSR count). The zero-order chi connectivity index (χ0) is 22.7. The molecule has 32 heavy (non-hydrogen) atoms. The van der Waals surface area contributed by atoms with Gasteiger partial charge in [0.05, 0.1) is 18.2 Å². The summed E-state index contributed by atoms with van der Waals surface area (Å²) < 4.78 is 11.0. The quantitative estimate of drug-likeness (QED) is 0.320. The molecule has 1 atom stereocenters. The van der Waals surface area contributed by atoms with E-state index in [1.54, 1.807) is 36.3 Å². The van der Waals surface area contributed by atoms with Gasteiger partial charge < -0.3 is 14.5 Å². The van der Waals surface area contributed by atoms with Gasteiger partial charge in [-0.2, -0.15) is 0 Å². The Kier molecular flexibility index (Phi) is 6.77. The van der Waals surface area contributed by atoms with Crippen LogP contribution in [0.4, 0.5) is 4.79 Å². The number of methoxy groups -OCH3 is 1. The number of carbonyl (C=O) groups excluding carboxylic acids is 1. The van der Waals surface area contributed by atoms with E-state index >= 15 is 0 Å². The molecule has 1 amide bonds. The number of amides is 1. The number of carbonyl (C=O) groups is 1. The second kappa shape index (κ2) is 9.72. The van der Waals surface area contributed by atoms with Gasteiger partial charge in [0.1, 0.15) is 5.76 Å². The molecule has 0 radical (unpaired) electrons. The number of rotatable bonds is 5. The Balaban J connectivity index is 1.68. The maximum absolute atomic E-state index is 13.2. The number of aromatic amines is 1. The summed E-state index contributed by atoms with van der Waals surface area (Å²) in [7, 11) is 1.63. The summed E-state index contributed by atoms with van der Waals surface area (Å²) in [5.74, 6) is 1.10. The number of para-hydroxylation sites is 1. The summed E-state index contributed by atoms with van der Waals surface area (Å²) in [6, 6.07) is 12.5. The van der Waals surface area contributed by atoms with Crippen molar-refractivity contribution in [1.29, 1.82) is 0 Å². The van der Waals surface area contributed by atoms with E-state index in [9.17, 15) is 4.79 Å². The fourth-order valence-electron chi connectivity index (χ4n) is 4.08. The Hall–Kier alpha value is -2.89. The number of benzene rings is 2. The smallest absolute Gasteiger partial charge is 0.415 e. The normalized spacial score (nSPS) is 16.4. The van der Waals surface area contributed by atoms with Gasteiger partial charge in [-0.05, 0) is 67.8 Å². The first-order valence-corrected chi connectivity index (χ1v) is 11.2. The highest BCUT2D eigenvalue weighted by atomic mass is 35.5. The fraction of sp³-hybridized carbons (Fsp3) is 0.240. The van der Waals surface area contributed by atoms with Gasteiger partial charge in [-0.25, -0.2) is 4.79 Å². The largest absolute Gasteiger partial charge is 0.497 e. The molecule has 5 nitrogen and oxygen atoms in total. The maximum atomic E-state index is 13.2. The average molecular weight is 471 g/mol. The van der Waals surface area contributed by atoms with Gasteiger partial charge in [-0.1, -0.05) is 41.4 Å². The summed E-state index contributed by atoms with van der Waals surface area (Å²) in [6.45, 7) is 2.44. The van der Waals surface area contributed by atoms with E-state index in [2.05, 4.69) is 4.98 Å². The van der Waals surface area contributed by atoms with Crippen LogP contribution in [0.15, 0.2) is 66.5 Å². The van der Waals surface area contributed by atoms with Crippen LogP contribution in [0.3, 0.4) is 0 Å². The molecule has 0 saturated heterocycles. The Morgan fingerprint density at radius 1 is 1.25 bits per heavy atom. The first kappa shape index (κ1) is 22.3. The van der Waals surface area contributed by atoms with Crippen LogP contribution in [0, 0.1) is 0 Å². The van der Waals surface area contributed by atoms with Crippen molar-refractivity contribution in [2.24, 2.45) is 0 Å². The summed E-state index contributed by atoms with van der Waals surface area (Å²) in [5, 5.41) is 2.17. The molecule has 0 fully saturated rings. The van der Waals surface area contributed by atoms with Crippen molar-refractivity contribution in [3.8, 4) is 5.75 Å². The van der Waals surface area contributed by atoms with Crippen LogP contribution >= 0.6 is 23.2 Å². The van der Waals surface area contributed by atoms with E-state index in [1.807, 2.05) is 43.4 Å². The number of nitrogens with zero attached hydrogens (tertiary/aromatic N) is 1. The summed E-state index contributed by atoms with van der Waals surface area (Å²) in [5.41, 5.74) is 3.18. The average Bonchev–Trinajstić information content (AvgIpc) is 3.16. The van der Waals surface area contributed by atoms with Gasteiger partial charge in [-0.15, -0.1) is 0 Å². The second-order valence-corrected chi connectivity index (χ2v) is 8.34. The van der Waals surface area contributed by atoms with Crippen LogP contribution in [0.1, 0.15) is 30.6 Å². The summed E-state index contributed by atoms with van der Waals surface area (Å²) >= 11 is 12.4.